The van der Waals surface area contributed by atoms with Crippen LogP contribution in [0.3, 0.4) is 0 Å². The lowest BCUT2D eigenvalue weighted by Gasteiger charge is -2.24. The number of rotatable bonds is 7. The van der Waals surface area contributed by atoms with Gasteiger partial charge in [0.15, 0.2) is 4.80 Å². The lowest BCUT2D eigenvalue weighted by Crippen LogP contribution is -2.39. The maximum Gasteiger partial charge on any atom is 0.338 e. The zero-order valence-corrected chi connectivity index (χ0v) is 23.4. The lowest BCUT2D eigenvalue weighted by molar-refractivity contribution is -0.139. The van der Waals surface area contributed by atoms with Gasteiger partial charge in [-0.25, -0.2) is 14.6 Å². The molecule has 8 nitrogen and oxygen atoms in total. The smallest absolute Gasteiger partial charge is 0.338 e. The molecule has 0 radical (unpaired) electrons. The highest BCUT2D eigenvalue weighted by Gasteiger charge is 2.33. The molecular weight excluding hydrogens is 528 g/mol. The molecule has 3 heterocycles. The number of ether oxygens (including phenoxy) is 2. The monoisotopic (exact) mass is 556 g/mol. The van der Waals surface area contributed by atoms with E-state index >= 15 is 0 Å². The van der Waals surface area contributed by atoms with Crippen molar-refractivity contribution >= 4 is 29.4 Å². The Bertz CT molecular complexity index is 1790. The van der Waals surface area contributed by atoms with Crippen LogP contribution >= 0.6 is 11.3 Å². The number of hydrogen-bond acceptors (Lipinski definition) is 8. The number of carbonyl (C=O) groups is 2. The minimum atomic E-state index is -0.664. The second-order valence-electron chi connectivity index (χ2n) is 9.21. The standard InChI is InChI=1S/C31H28N2O6S/c1-5-37-29(35)22-13-11-20(12-14-22)24-16-15-23(39-24)17-25-28(34)33-27(21-9-7-18(3)8-10-21)26(30(36)38-6-2)19(4)32-31(33)40-25/h7-17,27H,5-6H2,1-4H3/b25-17-. The molecule has 0 spiro atoms. The van der Waals surface area contributed by atoms with E-state index in [9.17, 15) is 14.4 Å². The summed E-state index contributed by atoms with van der Waals surface area (Å²) in [6.45, 7) is 7.77. The Morgan fingerprint density at radius 1 is 0.950 bits per heavy atom. The maximum atomic E-state index is 13.8. The first-order chi connectivity index (χ1) is 19.3. The van der Waals surface area contributed by atoms with E-state index in [0.717, 1.165) is 16.7 Å². The van der Waals surface area contributed by atoms with Crippen molar-refractivity contribution in [2.45, 2.75) is 33.7 Å². The molecule has 0 saturated heterocycles. The molecule has 0 aliphatic carbocycles. The highest BCUT2D eigenvalue weighted by Crippen LogP contribution is 2.31. The molecule has 204 valence electrons. The number of aryl methyl sites for hydroxylation is 1. The second-order valence-corrected chi connectivity index (χ2v) is 10.2. The zero-order valence-electron chi connectivity index (χ0n) is 22.6. The van der Waals surface area contributed by atoms with Crippen molar-refractivity contribution in [3.8, 4) is 11.3 Å². The van der Waals surface area contributed by atoms with Gasteiger partial charge in [-0.1, -0.05) is 53.3 Å². The van der Waals surface area contributed by atoms with Crippen LogP contribution in [0.25, 0.3) is 17.4 Å². The molecule has 0 fully saturated rings. The first kappa shape index (κ1) is 27.1. The molecule has 40 heavy (non-hydrogen) atoms. The molecule has 4 aromatic rings. The maximum absolute atomic E-state index is 13.8. The number of allylic oxidation sites excluding steroid dienone is 1. The number of furan rings is 1. The Hall–Kier alpha value is -4.50. The van der Waals surface area contributed by atoms with Crippen LogP contribution in [0.5, 0.6) is 0 Å². The van der Waals surface area contributed by atoms with Crippen LogP contribution in [0, 0.1) is 6.92 Å². The first-order valence-corrected chi connectivity index (χ1v) is 13.8. The van der Waals surface area contributed by atoms with E-state index in [-0.39, 0.29) is 18.1 Å². The number of aromatic nitrogens is 1. The summed E-state index contributed by atoms with van der Waals surface area (Å²) in [5.74, 6) is 0.207. The third-order valence-electron chi connectivity index (χ3n) is 6.49. The van der Waals surface area contributed by atoms with Crippen LogP contribution in [0.2, 0.25) is 0 Å². The Morgan fingerprint density at radius 2 is 1.62 bits per heavy atom. The van der Waals surface area contributed by atoms with Gasteiger partial charge in [-0.15, -0.1) is 0 Å². The van der Waals surface area contributed by atoms with E-state index in [1.54, 1.807) is 67.8 Å². The van der Waals surface area contributed by atoms with Crippen molar-refractivity contribution in [1.29, 1.82) is 0 Å². The largest absolute Gasteiger partial charge is 0.463 e. The Balaban J connectivity index is 1.54. The fourth-order valence-corrected chi connectivity index (χ4v) is 5.58. The first-order valence-electron chi connectivity index (χ1n) is 12.9. The van der Waals surface area contributed by atoms with Gasteiger partial charge >= 0.3 is 11.9 Å². The number of esters is 2. The minimum Gasteiger partial charge on any atom is -0.463 e. The molecule has 0 saturated carbocycles. The number of benzene rings is 2. The van der Waals surface area contributed by atoms with Gasteiger partial charge in [-0.05, 0) is 57.5 Å². The van der Waals surface area contributed by atoms with Gasteiger partial charge < -0.3 is 13.9 Å². The normalized spacial score (nSPS) is 15.0. The molecule has 1 aliphatic heterocycles. The Labute approximate surface area is 234 Å². The van der Waals surface area contributed by atoms with Crippen LogP contribution in [-0.4, -0.2) is 29.7 Å². The van der Waals surface area contributed by atoms with E-state index in [0.29, 0.717) is 44.3 Å². The van der Waals surface area contributed by atoms with Crippen molar-refractivity contribution in [3.63, 3.8) is 0 Å². The van der Waals surface area contributed by atoms with Crippen molar-refractivity contribution in [3.05, 3.63) is 114 Å². The quantitative estimate of drug-likeness (QED) is 0.310. The molecule has 2 aromatic heterocycles. The van der Waals surface area contributed by atoms with E-state index in [1.807, 2.05) is 31.2 Å². The minimum absolute atomic E-state index is 0.215. The van der Waals surface area contributed by atoms with Crippen molar-refractivity contribution < 1.29 is 23.5 Å². The van der Waals surface area contributed by atoms with E-state index in [2.05, 4.69) is 4.99 Å². The number of carbonyl (C=O) groups excluding carboxylic acids is 2. The molecule has 1 atom stereocenters. The summed E-state index contributed by atoms with van der Waals surface area (Å²) in [4.78, 5) is 43.8. The fraction of sp³-hybridized carbons (Fsp3) is 0.226. The predicted molar refractivity (Wildman–Crippen MR) is 152 cm³/mol. The highest BCUT2D eigenvalue weighted by atomic mass is 32.1. The fourth-order valence-electron chi connectivity index (χ4n) is 4.56. The molecule has 9 heteroatoms. The van der Waals surface area contributed by atoms with Gasteiger partial charge in [0.25, 0.3) is 5.56 Å². The lowest BCUT2D eigenvalue weighted by atomic mass is 9.95. The summed E-state index contributed by atoms with van der Waals surface area (Å²) in [5, 5.41) is 0. The summed E-state index contributed by atoms with van der Waals surface area (Å²) >= 11 is 1.23. The van der Waals surface area contributed by atoms with Gasteiger partial charge in [0.2, 0.25) is 0 Å². The molecule has 1 unspecified atom stereocenters. The van der Waals surface area contributed by atoms with Gasteiger partial charge in [0.05, 0.1) is 40.6 Å². The number of fused-ring (bicyclic) bond motifs is 1. The molecule has 2 aromatic carbocycles. The third kappa shape index (κ3) is 5.20. The van der Waals surface area contributed by atoms with Crippen LogP contribution in [-0.2, 0) is 14.3 Å². The number of hydrogen-bond donors (Lipinski definition) is 0. The summed E-state index contributed by atoms with van der Waals surface area (Å²) < 4.78 is 18.4. The Kier molecular flexibility index (Phi) is 7.66. The van der Waals surface area contributed by atoms with Gasteiger partial charge in [-0.3, -0.25) is 9.36 Å². The molecule has 1 aliphatic rings. The molecule has 0 amide bonds. The average molecular weight is 557 g/mol. The molecular formula is C31H28N2O6S. The van der Waals surface area contributed by atoms with Crippen molar-refractivity contribution in [2.24, 2.45) is 4.99 Å². The summed E-state index contributed by atoms with van der Waals surface area (Å²) in [7, 11) is 0. The SMILES string of the molecule is CCOC(=O)C1=C(C)N=c2s/c(=C\c3ccc(-c4ccc(C(=O)OCC)cc4)o3)c(=O)n2C1c1ccc(C)cc1. The highest BCUT2D eigenvalue weighted by molar-refractivity contribution is 7.07. The molecule has 0 N–H and O–H groups in total. The van der Waals surface area contributed by atoms with E-state index in [1.165, 1.54) is 11.3 Å². The summed E-state index contributed by atoms with van der Waals surface area (Å²) in [5.41, 5.74) is 3.68. The van der Waals surface area contributed by atoms with Crippen LogP contribution in [0.15, 0.2) is 86.1 Å². The molecule has 5 rings (SSSR count). The summed E-state index contributed by atoms with van der Waals surface area (Å²) in [6.07, 6.45) is 1.68. The van der Waals surface area contributed by atoms with E-state index in [4.69, 9.17) is 13.9 Å². The second kappa shape index (κ2) is 11.3. The summed E-state index contributed by atoms with van der Waals surface area (Å²) in [6, 6.07) is 17.6. The Morgan fingerprint density at radius 3 is 2.30 bits per heavy atom. The van der Waals surface area contributed by atoms with Crippen LogP contribution in [0.1, 0.15) is 54.1 Å². The van der Waals surface area contributed by atoms with Gasteiger partial charge in [0, 0.05) is 11.6 Å². The number of thiazole rings is 1. The van der Waals surface area contributed by atoms with Crippen LogP contribution < -0.4 is 14.9 Å². The predicted octanol–water partition coefficient (Wildman–Crippen LogP) is 4.54. The third-order valence-corrected chi connectivity index (χ3v) is 7.47. The number of nitrogens with zero attached hydrogens (tertiary/aromatic N) is 2. The van der Waals surface area contributed by atoms with Crippen LogP contribution in [0.4, 0.5) is 0 Å². The van der Waals surface area contributed by atoms with Crippen molar-refractivity contribution in [1.82, 2.24) is 4.57 Å². The van der Waals surface area contributed by atoms with Crippen molar-refractivity contribution in [2.75, 3.05) is 13.2 Å². The zero-order chi connectivity index (χ0) is 28.4. The van der Waals surface area contributed by atoms with Gasteiger partial charge in [-0.2, -0.15) is 0 Å². The molecule has 0 bridgehead atoms. The topological polar surface area (TPSA) is 100 Å². The average Bonchev–Trinajstić information content (AvgIpc) is 3.53. The van der Waals surface area contributed by atoms with Gasteiger partial charge in [0.1, 0.15) is 11.5 Å². The van der Waals surface area contributed by atoms with E-state index < -0.39 is 12.0 Å².